The second-order valence-corrected chi connectivity index (χ2v) is 3.81. The average molecular weight is 194 g/mol. The first kappa shape index (κ1) is 9.24. The number of nitrogens with zero attached hydrogens (tertiary/aromatic N) is 1. The highest BCUT2D eigenvalue weighted by Crippen LogP contribution is 2.37. The quantitative estimate of drug-likeness (QED) is 0.774. The molecule has 1 saturated carbocycles. The molecule has 0 atom stereocenters. The van der Waals surface area contributed by atoms with Crippen LogP contribution in [-0.4, -0.2) is 9.55 Å². The molecule has 0 bridgehead atoms. The van der Waals surface area contributed by atoms with E-state index < -0.39 is 0 Å². The number of H-pyrrole nitrogens is 1. The first-order valence-corrected chi connectivity index (χ1v) is 5.06. The molecule has 76 valence electrons. The van der Waals surface area contributed by atoms with Crippen LogP contribution in [0.4, 0.5) is 0 Å². The molecule has 14 heavy (non-hydrogen) atoms. The molecule has 0 unspecified atom stereocenters. The van der Waals surface area contributed by atoms with E-state index in [0.717, 1.165) is 24.8 Å². The minimum absolute atomic E-state index is 0.204. The van der Waals surface area contributed by atoms with Crippen LogP contribution in [0.25, 0.3) is 0 Å². The van der Waals surface area contributed by atoms with Crippen molar-refractivity contribution in [2.45, 2.75) is 38.6 Å². The molecular formula is C10H14N2O2. The van der Waals surface area contributed by atoms with Crippen molar-refractivity contribution in [3.8, 4) is 0 Å². The Hall–Kier alpha value is -1.32. The van der Waals surface area contributed by atoms with Crippen molar-refractivity contribution < 1.29 is 0 Å². The standard InChI is InChI=1S/C10H14N2O2/c1-2-5-12-6-8(7-3-4-7)9(13)11-10(12)14/h6-7H,2-5H2,1H3,(H,11,13,14). The number of aryl methyl sites for hydroxylation is 1. The van der Waals surface area contributed by atoms with Crippen molar-refractivity contribution in [3.63, 3.8) is 0 Å². The summed E-state index contributed by atoms with van der Waals surface area (Å²) in [6.45, 7) is 2.68. The fraction of sp³-hybridized carbons (Fsp3) is 0.600. The van der Waals surface area contributed by atoms with Crippen molar-refractivity contribution in [1.29, 1.82) is 0 Å². The topological polar surface area (TPSA) is 54.9 Å². The third kappa shape index (κ3) is 1.64. The number of hydrogen-bond acceptors (Lipinski definition) is 2. The van der Waals surface area contributed by atoms with Gasteiger partial charge >= 0.3 is 5.69 Å². The predicted molar refractivity (Wildman–Crippen MR) is 53.6 cm³/mol. The Morgan fingerprint density at radius 1 is 1.50 bits per heavy atom. The van der Waals surface area contributed by atoms with E-state index in [0.29, 0.717) is 12.5 Å². The normalized spacial score (nSPS) is 15.8. The van der Waals surface area contributed by atoms with Crippen LogP contribution >= 0.6 is 0 Å². The zero-order valence-electron chi connectivity index (χ0n) is 8.25. The lowest BCUT2D eigenvalue weighted by Crippen LogP contribution is -2.31. The molecule has 1 N–H and O–H groups in total. The second-order valence-electron chi connectivity index (χ2n) is 3.81. The van der Waals surface area contributed by atoms with E-state index >= 15 is 0 Å². The van der Waals surface area contributed by atoms with Crippen LogP contribution in [0.1, 0.15) is 37.7 Å². The van der Waals surface area contributed by atoms with Gasteiger partial charge in [0.2, 0.25) is 0 Å². The Bertz CT molecular complexity index is 440. The third-order valence-corrected chi connectivity index (χ3v) is 2.52. The monoisotopic (exact) mass is 194 g/mol. The van der Waals surface area contributed by atoms with Gasteiger partial charge in [-0.15, -0.1) is 0 Å². The smallest absolute Gasteiger partial charge is 0.300 e. The van der Waals surface area contributed by atoms with Crippen molar-refractivity contribution in [3.05, 3.63) is 32.6 Å². The van der Waals surface area contributed by atoms with Gasteiger partial charge in [0, 0.05) is 18.3 Å². The van der Waals surface area contributed by atoms with Crippen LogP contribution in [0.3, 0.4) is 0 Å². The van der Waals surface area contributed by atoms with Crippen molar-refractivity contribution in [2.75, 3.05) is 0 Å². The van der Waals surface area contributed by atoms with Gasteiger partial charge in [-0.05, 0) is 25.2 Å². The molecule has 1 fully saturated rings. The Balaban J connectivity index is 2.46. The minimum atomic E-state index is -0.291. The first-order valence-electron chi connectivity index (χ1n) is 5.06. The summed E-state index contributed by atoms with van der Waals surface area (Å²) in [4.78, 5) is 25.1. The van der Waals surface area contributed by atoms with Gasteiger partial charge < -0.3 is 4.57 Å². The molecule has 0 amide bonds. The predicted octanol–water partition coefficient (Wildman–Crippen LogP) is 0.824. The maximum Gasteiger partial charge on any atom is 0.328 e. The van der Waals surface area contributed by atoms with E-state index in [1.165, 1.54) is 0 Å². The lowest BCUT2D eigenvalue weighted by atomic mass is 10.2. The fourth-order valence-electron chi connectivity index (χ4n) is 1.62. The van der Waals surface area contributed by atoms with Crippen molar-refractivity contribution >= 4 is 0 Å². The maximum atomic E-state index is 11.4. The lowest BCUT2D eigenvalue weighted by Gasteiger charge is -2.04. The van der Waals surface area contributed by atoms with Gasteiger partial charge in [-0.1, -0.05) is 6.92 Å². The number of nitrogens with one attached hydrogen (secondary N) is 1. The molecule has 0 saturated heterocycles. The zero-order chi connectivity index (χ0) is 10.1. The second kappa shape index (κ2) is 3.44. The number of hydrogen-bond donors (Lipinski definition) is 1. The van der Waals surface area contributed by atoms with Crippen molar-refractivity contribution in [1.82, 2.24) is 9.55 Å². The summed E-state index contributed by atoms with van der Waals surface area (Å²) < 4.78 is 1.59. The Morgan fingerprint density at radius 2 is 2.21 bits per heavy atom. The van der Waals surface area contributed by atoms with E-state index in [1.54, 1.807) is 10.8 Å². The summed E-state index contributed by atoms with van der Waals surface area (Å²) in [7, 11) is 0. The van der Waals surface area contributed by atoms with Gasteiger partial charge in [-0.3, -0.25) is 9.78 Å². The van der Waals surface area contributed by atoms with Crippen LogP contribution in [0.2, 0.25) is 0 Å². The van der Waals surface area contributed by atoms with Crippen LogP contribution in [-0.2, 0) is 6.54 Å². The van der Waals surface area contributed by atoms with E-state index in [2.05, 4.69) is 4.98 Å². The molecular weight excluding hydrogens is 180 g/mol. The molecule has 4 heteroatoms. The highest BCUT2D eigenvalue weighted by atomic mass is 16.2. The summed E-state index contributed by atoms with van der Waals surface area (Å²) in [6.07, 6.45) is 4.78. The molecule has 0 aliphatic heterocycles. The molecule has 1 heterocycles. The molecule has 0 aromatic carbocycles. The Morgan fingerprint density at radius 3 is 2.79 bits per heavy atom. The Kier molecular flexibility index (Phi) is 2.27. The average Bonchev–Trinajstić information content (AvgIpc) is 2.93. The van der Waals surface area contributed by atoms with Gasteiger partial charge in [0.15, 0.2) is 0 Å². The third-order valence-electron chi connectivity index (χ3n) is 2.52. The highest BCUT2D eigenvalue weighted by molar-refractivity contribution is 5.16. The zero-order valence-corrected chi connectivity index (χ0v) is 8.25. The van der Waals surface area contributed by atoms with Gasteiger partial charge in [0.1, 0.15) is 0 Å². The van der Waals surface area contributed by atoms with Crippen LogP contribution in [0.15, 0.2) is 15.8 Å². The molecule has 0 radical (unpaired) electrons. The summed E-state index contributed by atoms with van der Waals surface area (Å²) >= 11 is 0. The molecule has 1 aliphatic rings. The molecule has 0 spiro atoms. The van der Waals surface area contributed by atoms with E-state index in [-0.39, 0.29) is 11.2 Å². The lowest BCUT2D eigenvalue weighted by molar-refractivity contribution is 0.624. The maximum absolute atomic E-state index is 11.4. The minimum Gasteiger partial charge on any atom is -0.300 e. The summed E-state index contributed by atoms with van der Waals surface area (Å²) in [6, 6.07) is 0. The van der Waals surface area contributed by atoms with E-state index in [1.807, 2.05) is 6.92 Å². The molecule has 4 nitrogen and oxygen atoms in total. The molecule has 1 aliphatic carbocycles. The van der Waals surface area contributed by atoms with Gasteiger partial charge in [0.25, 0.3) is 5.56 Å². The fourth-order valence-corrected chi connectivity index (χ4v) is 1.62. The van der Waals surface area contributed by atoms with E-state index in [4.69, 9.17) is 0 Å². The van der Waals surface area contributed by atoms with Crippen LogP contribution in [0.5, 0.6) is 0 Å². The number of aromatic amines is 1. The van der Waals surface area contributed by atoms with Crippen LogP contribution in [0, 0.1) is 0 Å². The highest BCUT2D eigenvalue weighted by Gasteiger charge is 2.26. The van der Waals surface area contributed by atoms with Gasteiger partial charge in [-0.2, -0.15) is 0 Å². The Labute approximate surface area is 81.6 Å². The SMILES string of the molecule is CCCn1cc(C2CC2)c(=O)[nH]c1=O. The van der Waals surface area contributed by atoms with Gasteiger partial charge in [-0.25, -0.2) is 4.79 Å². The van der Waals surface area contributed by atoms with Crippen molar-refractivity contribution in [2.24, 2.45) is 0 Å². The van der Waals surface area contributed by atoms with Crippen LogP contribution < -0.4 is 11.2 Å². The number of rotatable bonds is 3. The molecule has 1 aromatic heterocycles. The summed E-state index contributed by atoms with van der Waals surface area (Å²) in [5.41, 5.74) is 0.282. The molecule has 1 aromatic rings. The first-order chi connectivity index (χ1) is 6.72. The van der Waals surface area contributed by atoms with Gasteiger partial charge in [0.05, 0.1) is 0 Å². The largest absolute Gasteiger partial charge is 0.328 e. The van der Waals surface area contributed by atoms with E-state index in [9.17, 15) is 9.59 Å². The number of aromatic nitrogens is 2. The molecule has 2 rings (SSSR count). The summed E-state index contributed by atoms with van der Waals surface area (Å²) in [5, 5.41) is 0. The summed E-state index contributed by atoms with van der Waals surface area (Å²) in [5.74, 6) is 0.391.